The van der Waals surface area contributed by atoms with E-state index in [1.54, 1.807) is 29.4 Å². The van der Waals surface area contributed by atoms with Crippen LogP contribution in [0.1, 0.15) is 21.9 Å². The van der Waals surface area contributed by atoms with Gasteiger partial charge in [-0.2, -0.15) is 0 Å². The number of imidazole rings is 1. The number of carbonyl (C=O) groups is 1. The Bertz CT molecular complexity index is 727. The van der Waals surface area contributed by atoms with E-state index in [9.17, 15) is 4.79 Å². The Morgan fingerprint density at radius 1 is 1.33 bits per heavy atom. The van der Waals surface area contributed by atoms with Crippen molar-refractivity contribution < 1.29 is 9.90 Å². The zero-order valence-corrected chi connectivity index (χ0v) is 11.4. The van der Waals surface area contributed by atoms with Crippen molar-refractivity contribution in [1.29, 1.82) is 0 Å². The molecule has 0 fully saturated rings. The minimum absolute atomic E-state index is 0.160. The number of aliphatic hydroxyl groups is 1. The molecule has 1 aliphatic rings. The Hall–Kier alpha value is -2.65. The van der Waals surface area contributed by atoms with Crippen LogP contribution in [0.5, 0.6) is 0 Å². The molecule has 1 amide bonds. The van der Waals surface area contributed by atoms with Crippen molar-refractivity contribution in [3.63, 3.8) is 0 Å². The Balaban J connectivity index is 1.86. The molecular formula is C15H14N4O2. The Kier molecular flexibility index (Phi) is 3.67. The predicted octanol–water partition coefficient (Wildman–Crippen LogP) is 0.278. The lowest BCUT2D eigenvalue weighted by Crippen LogP contribution is -2.39. The van der Waals surface area contributed by atoms with Crippen LogP contribution in [0.4, 0.5) is 0 Å². The van der Waals surface area contributed by atoms with Gasteiger partial charge in [0, 0.05) is 31.7 Å². The lowest BCUT2D eigenvalue weighted by atomic mass is 10.1. The van der Waals surface area contributed by atoms with Gasteiger partial charge in [0.25, 0.3) is 5.91 Å². The number of hydrogen-bond acceptors (Lipinski definition) is 4. The number of rotatable bonds is 1. The molecule has 3 heterocycles. The van der Waals surface area contributed by atoms with Gasteiger partial charge in [0.2, 0.25) is 0 Å². The monoisotopic (exact) mass is 282 g/mol. The zero-order chi connectivity index (χ0) is 14.7. The molecule has 0 unspecified atom stereocenters. The average Bonchev–Trinajstić information content (AvgIpc) is 3.00. The molecule has 0 aliphatic carbocycles. The summed E-state index contributed by atoms with van der Waals surface area (Å²) in [5, 5.41) is 8.79. The highest BCUT2D eigenvalue weighted by Crippen LogP contribution is 2.14. The quantitative estimate of drug-likeness (QED) is 0.763. The highest BCUT2D eigenvalue weighted by Gasteiger charge is 2.24. The van der Waals surface area contributed by atoms with Crippen LogP contribution in [0.3, 0.4) is 0 Å². The van der Waals surface area contributed by atoms with Crippen molar-refractivity contribution in [3.8, 4) is 11.8 Å². The van der Waals surface area contributed by atoms with Gasteiger partial charge in [0.1, 0.15) is 18.1 Å². The number of aliphatic hydroxyl groups excluding tert-OH is 1. The van der Waals surface area contributed by atoms with Gasteiger partial charge in [-0.3, -0.25) is 4.79 Å². The largest absolute Gasteiger partial charge is 0.384 e. The highest BCUT2D eigenvalue weighted by molar-refractivity contribution is 5.94. The van der Waals surface area contributed by atoms with Crippen LogP contribution in [-0.4, -0.2) is 43.6 Å². The average molecular weight is 282 g/mol. The van der Waals surface area contributed by atoms with Gasteiger partial charge in [-0.25, -0.2) is 9.97 Å². The molecule has 0 atom stereocenters. The molecule has 0 saturated heterocycles. The third kappa shape index (κ3) is 2.64. The van der Waals surface area contributed by atoms with E-state index >= 15 is 0 Å². The van der Waals surface area contributed by atoms with E-state index in [0.29, 0.717) is 24.3 Å². The van der Waals surface area contributed by atoms with Crippen LogP contribution in [0, 0.1) is 11.8 Å². The maximum atomic E-state index is 12.6. The standard InChI is InChI=1S/C15H14N4O2/c20-10-2-4-12-3-1-5-17-14(12)15(21)19-9-8-18-7-6-16-13(18)11-19/h1,3,5-7,20H,8-11H2. The first-order valence-corrected chi connectivity index (χ1v) is 6.63. The topological polar surface area (TPSA) is 71.2 Å². The fourth-order valence-corrected chi connectivity index (χ4v) is 2.31. The lowest BCUT2D eigenvalue weighted by molar-refractivity contribution is 0.0701. The number of pyridine rings is 1. The van der Waals surface area contributed by atoms with Gasteiger partial charge < -0.3 is 14.6 Å². The van der Waals surface area contributed by atoms with E-state index in [1.807, 2.05) is 10.8 Å². The Labute approximate surface area is 122 Å². The number of fused-ring (bicyclic) bond motifs is 1. The number of carbonyl (C=O) groups excluding carboxylic acids is 1. The maximum absolute atomic E-state index is 12.6. The first-order chi connectivity index (χ1) is 10.3. The second-order valence-corrected chi connectivity index (χ2v) is 4.62. The number of aromatic nitrogens is 3. The smallest absolute Gasteiger partial charge is 0.274 e. The summed E-state index contributed by atoms with van der Waals surface area (Å²) in [4.78, 5) is 22.7. The highest BCUT2D eigenvalue weighted by atomic mass is 16.2. The summed E-state index contributed by atoms with van der Waals surface area (Å²) >= 11 is 0. The van der Waals surface area contributed by atoms with Crippen molar-refractivity contribution in [2.45, 2.75) is 13.1 Å². The van der Waals surface area contributed by atoms with Crippen molar-refractivity contribution >= 4 is 5.91 Å². The maximum Gasteiger partial charge on any atom is 0.274 e. The fourth-order valence-electron chi connectivity index (χ4n) is 2.31. The summed E-state index contributed by atoms with van der Waals surface area (Å²) in [5.41, 5.74) is 0.851. The Morgan fingerprint density at radius 3 is 3.10 bits per heavy atom. The normalized spacial score (nSPS) is 13.3. The van der Waals surface area contributed by atoms with Crippen LogP contribution in [0.15, 0.2) is 30.7 Å². The first-order valence-electron chi connectivity index (χ1n) is 6.63. The van der Waals surface area contributed by atoms with E-state index in [0.717, 1.165) is 12.4 Å². The van der Waals surface area contributed by atoms with E-state index in [2.05, 4.69) is 21.8 Å². The van der Waals surface area contributed by atoms with Crippen LogP contribution in [-0.2, 0) is 13.1 Å². The summed E-state index contributed by atoms with van der Waals surface area (Å²) in [5.74, 6) is 6.03. The van der Waals surface area contributed by atoms with E-state index in [4.69, 9.17) is 5.11 Å². The zero-order valence-electron chi connectivity index (χ0n) is 11.4. The summed E-state index contributed by atoms with van der Waals surface area (Å²) in [6.07, 6.45) is 5.22. The Morgan fingerprint density at radius 2 is 2.24 bits per heavy atom. The van der Waals surface area contributed by atoms with Crippen LogP contribution in [0.2, 0.25) is 0 Å². The van der Waals surface area contributed by atoms with Gasteiger partial charge in [-0.1, -0.05) is 11.8 Å². The molecule has 106 valence electrons. The molecule has 2 aromatic heterocycles. The van der Waals surface area contributed by atoms with Crippen molar-refractivity contribution in [2.75, 3.05) is 13.2 Å². The minimum Gasteiger partial charge on any atom is -0.384 e. The number of hydrogen-bond donors (Lipinski definition) is 1. The summed E-state index contributed by atoms with van der Waals surface area (Å²) in [7, 11) is 0. The van der Waals surface area contributed by atoms with Gasteiger partial charge >= 0.3 is 0 Å². The predicted molar refractivity (Wildman–Crippen MR) is 75.2 cm³/mol. The first kappa shape index (κ1) is 13.3. The molecule has 0 spiro atoms. The third-order valence-corrected chi connectivity index (χ3v) is 3.34. The second kappa shape index (κ2) is 5.77. The van der Waals surface area contributed by atoms with Crippen molar-refractivity contribution in [3.05, 3.63) is 47.8 Å². The molecule has 0 saturated carbocycles. The number of nitrogens with zero attached hydrogens (tertiary/aromatic N) is 4. The fraction of sp³-hybridized carbons (Fsp3) is 0.267. The summed E-state index contributed by atoms with van der Waals surface area (Å²) in [6.45, 7) is 1.57. The lowest BCUT2D eigenvalue weighted by Gasteiger charge is -2.27. The van der Waals surface area contributed by atoms with Crippen molar-refractivity contribution in [1.82, 2.24) is 19.4 Å². The van der Waals surface area contributed by atoms with Gasteiger partial charge in [0.15, 0.2) is 0 Å². The van der Waals surface area contributed by atoms with Crippen LogP contribution >= 0.6 is 0 Å². The second-order valence-electron chi connectivity index (χ2n) is 4.62. The van der Waals surface area contributed by atoms with E-state index in [1.165, 1.54) is 0 Å². The van der Waals surface area contributed by atoms with Gasteiger partial charge in [-0.05, 0) is 12.1 Å². The molecular weight excluding hydrogens is 268 g/mol. The third-order valence-electron chi connectivity index (χ3n) is 3.34. The summed E-state index contributed by atoms with van der Waals surface area (Å²) in [6, 6.07) is 3.45. The molecule has 6 heteroatoms. The molecule has 1 aliphatic heterocycles. The minimum atomic E-state index is -0.246. The molecule has 6 nitrogen and oxygen atoms in total. The van der Waals surface area contributed by atoms with Gasteiger partial charge in [0.05, 0.1) is 12.1 Å². The van der Waals surface area contributed by atoms with E-state index in [-0.39, 0.29) is 12.5 Å². The summed E-state index contributed by atoms with van der Waals surface area (Å²) < 4.78 is 2.04. The van der Waals surface area contributed by atoms with Crippen LogP contribution in [0.25, 0.3) is 0 Å². The van der Waals surface area contributed by atoms with Crippen molar-refractivity contribution in [2.24, 2.45) is 0 Å². The molecule has 21 heavy (non-hydrogen) atoms. The number of amides is 1. The molecule has 1 N–H and O–H groups in total. The molecule has 0 bridgehead atoms. The van der Waals surface area contributed by atoms with E-state index < -0.39 is 0 Å². The SMILES string of the molecule is O=C(c1ncccc1C#CCO)N1CCn2ccnc2C1. The molecule has 0 radical (unpaired) electrons. The molecule has 2 aromatic rings. The molecule has 3 rings (SSSR count). The van der Waals surface area contributed by atoms with Crippen LogP contribution < -0.4 is 0 Å². The van der Waals surface area contributed by atoms with Gasteiger partial charge in [-0.15, -0.1) is 0 Å². The molecule has 0 aromatic carbocycles.